The third-order valence-electron chi connectivity index (χ3n) is 4.12. The van der Waals surface area contributed by atoms with Crippen LogP contribution in [0.2, 0.25) is 0 Å². The number of benzene rings is 1. The molecule has 1 aromatic rings. The van der Waals surface area contributed by atoms with E-state index >= 15 is 0 Å². The van der Waals surface area contributed by atoms with Crippen molar-refractivity contribution >= 4 is 17.7 Å². The molecule has 0 bridgehead atoms. The third kappa shape index (κ3) is 5.20. The molecule has 1 saturated heterocycles. The van der Waals surface area contributed by atoms with Gasteiger partial charge in [0.25, 0.3) is 5.91 Å². The van der Waals surface area contributed by atoms with E-state index in [-0.39, 0.29) is 36.2 Å². The lowest BCUT2D eigenvalue weighted by Gasteiger charge is -2.19. The van der Waals surface area contributed by atoms with Crippen molar-refractivity contribution in [3.8, 4) is 5.75 Å². The summed E-state index contributed by atoms with van der Waals surface area (Å²) in [7, 11) is 1.55. The molecule has 136 valence electrons. The number of methoxy groups -OCH3 is 1. The van der Waals surface area contributed by atoms with Crippen LogP contribution < -0.4 is 15.4 Å². The number of carbonyl (C=O) groups excluding carboxylic acids is 3. The highest BCUT2D eigenvalue weighted by Crippen LogP contribution is 2.13. The van der Waals surface area contributed by atoms with Crippen LogP contribution in [0.5, 0.6) is 5.75 Å². The van der Waals surface area contributed by atoms with Gasteiger partial charge < -0.3 is 20.3 Å². The first kappa shape index (κ1) is 18.8. The highest BCUT2D eigenvalue weighted by molar-refractivity contribution is 5.96. The van der Waals surface area contributed by atoms with Crippen LogP contribution in [0, 0.1) is 5.92 Å². The van der Waals surface area contributed by atoms with Crippen LogP contribution in [0.25, 0.3) is 0 Å². The molecule has 7 nitrogen and oxygen atoms in total. The van der Waals surface area contributed by atoms with Gasteiger partial charge >= 0.3 is 0 Å². The lowest BCUT2D eigenvalue weighted by Crippen LogP contribution is -2.43. The van der Waals surface area contributed by atoms with Gasteiger partial charge in [0.2, 0.25) is 11.8 Å². The number of nitrogens with one attached hydrogen (secondary N) is 2. The molecule has 0 unspecified atom stereocenters. The molecule has 1 aromatic carbocycles. The largest absolute Gasteiger partial charge is 0.497 e. The Hall–Kier alpha value is -2.57. The number of carbonyl (C=O) groups is 3. The highest BCUT2D eigenvalue weighted by Gasteiger charge is 2.28. The fourth-order valence-electron chi connectivity index (χ4n) is 2.73. The van der Waals surface area contributed by atoms with Crippen molar-refractivity contribution in [2.24, 2.45) is 5.92 Å². The molecule has 2 rings (SSSR count). The Balaban J connectivity index is 1.75. The third-order valence-corrected chi connectivity index (χ3v) is 4.12. The monoisotopic (exact) mass is 347 g/mol. The first-order valence-electron chi connectivity index (χ1n) is 8.41. The average Bonchev–Trinajstić information content (AvgIpc) is 3.07. The second-order valence-electron chi connectivity index (χ2n) is 6.40. The standard InChI is InChI=1S/C18H25N3O4/c1-12(2)18(24)21-9-8-14(11-21)20-16(22)10-19-17(23)13-4-6-15(25-3)7-5-13/h4-7,12,14H,8-11H2,1-3H3,(H,19,23)(H,20,22)/t14-/m0/s1. The number of rotatable bonds is 6. The average molecular weight is 347 g/mol. The minimum absolute atomic E-state index is 0.0433. The van der Waals surface area contributed by atoms with E-state index in [4.69, 9.17) is 4.74 Å². The van der Waals surface area contributed by atoms with Gasteiger partial charge in [0, 0.05) is 30.6 Å². The molecule has 0 radical (unpaired) electrons. The van der Waals surface area contributed by atoms with Gasteiger partial charge in [-0.3, -0.25) is 14.4 Å². The highest BCUT2D eigenvalue weighted by atomic mass is 16.5. The molecule has 1 fully saturated rings. The van der Waals surface area contributed by atoms with Gasteiger partial charge in [0.15, 0.2) is 0 Å². The molecule has 3 amide bonds. The summed E-state index contributed by atoms with van der Waals surface area (Å²) < 4.78 is 5.04. The van der Waals surface area contributed by atoms with E-state index in [0.29, 0.717) is 24.4 Å². The number of hydrogen-bond donors (Lipinski definition) is 2. The minimum Gasteiger partial charge on any atom is -0.497 e. The summed E-state index contributed by atoms with van der Waals surface area (Å²) in [6.45, 7) is 4.81. The molecule has 25 heavy (non-hydrogen) atoms. The summed E-state index contributed by atoms with van der Waals surface area (Å²) in [4.78, 5) is 37.7. The predicted octanol–water partition coefficient (Wildman–Crippen LogP) is 0.798. The summed E-state index contributed by atoms with van der Waals surface area (Å²) in [6, 6.07) is 6.59. The van der Waals surface area contributed by atoms with E-state index in [0.717, 1.165) is 6.42 Å². The van der Waals surface area contributed by atoms with Gasteiger partial charge in [0.05, 0.1) is 13.7 Å². The van der Waals surface area contributed by atoms with Crippen molar-refractivity contribution in [1.29, 1.82) is 0 Å². The maximum Gasteiger partial charge on any atom is 0.251 e. The summed E-state index contributed by atoms with van der Waals surface area (Å²) in [5.74, 6) is 0.144. The Morgan fingerprint density at radius 3 is 2.52 bits per heavy atom. The van der Waals surface area contributed by atoms with E-state index in [2.05, 4.69) is 10.6 Å². The van der Waals surface area contributed by atoms with Gasteiger partial charge in [-0.25, -0.2) is 0 Å². The minimum atomic E-state index is -0.319. The summed E-state index contributed by atoms with van der Waals surface area (Å²) in [6.07, 6.45) is 0.733. The SMILES string of the molecule is COc1ccc(C(=O)NCC(=O)N[C@H]2CCN(C(=O)C(C)C)C2)cc1. The second-order valence-corrected chi connectivity index (χ2v) is 6.40. The van der Waals surface area contributed by atoms with Crippen LogP contribution in [0.3, 0.4) is 0 Å². The zero-order valence-corrected chi connectivity index (χ0v) is 14.9. The number of ether oxygens (including phenoxy) is 1. The van der Waals surface area contributed by atoms with Crippen LogP contribution >= 0.6 is 0 Å². The van der Waals surface area contributed by atoms with Gasteiger partial charge in [-0.15, -0.1) is 0 Å². The number of nitrogens with zero attached hydrogens (tertiary/aromatic N) is 1. The van der Waals surface area contributed by atoms with Crippen molar-refractivity contribution < 1.29 is 19.1 Å². The quantitative estimate of drug-likeness (QED) is 0.797. The maximum absolute atomic E-state index is 12.0. The van der Waals surface area contributed by atoms with Crippen molar-refractivity contribution in [3.63, 3.8) is 0 Å². The maximum atomic E-state index is 12.0. The van der Waals surface area contributed by atoms with Crippen LogP contribution in [0.4, 0.5) is 0 Å². The molecule has 2 N–H and O–H groups in total. The van der Waals surface area contributed by atoms with Crippen LogP contribution in [-0.2, 0) is 9.59 Å². The van der Waals surface area contributed by atoms with Crippen LogP contribution in [0.15, 0.2) is 24.3 Å². The molecule has 1 aliphatic heterocycles. The van der Waals surface area contributed by atoms with E-state index in [1.165, 1.54) is 0 Å². The summed E-state index contributed by atoms with van der Waals surface area (Å²) in [5, 5.41) is 5.45. The first-order chi connectivity index (χ1) is 11.9. The van der Waals surface area contributed by atoms with Crippen molar-refractivity contribution in [2.75, 3.05) is 26.7 Å². The molecule has 1 atom stereocenters. The number of hydrogen-bond acceptors (Lipinski definition) is 4. The number of amides is 3. The molecule has 0 saturated carbocycles. The molecule has 1 heterocycles. The molecule has 0 spiro atoms. The molecular formula is C18H25N3O4. The Kier molecular flexibility index (Phi) is 6.38. The van der Waals surface area contributed by atoms with Crippen molar-refractivity contribution in [1.82, 2.24) is 15.5 Å². The fraction of sp³-hybridized carbons (Fsp3) is 0.500. The normalized spacial score (nSPS) is 16.6. The summed E-state index contributed by atoms with van der Waals surface area (Å²) in [5.41, 5.74) is 0.461. The second kappa shape index (κ2) is 8.50. The Morgan fingerprint density at radius 2 is 1.92 bits per heavy atom. The van der Waals surface area contributed by atoms with E-state index in [1.54, 1.807) is 36.3 Å². The zero-order chi connectivity index (χ0) is 18.4. The molecule has 0 aromatic heterocycles. The Labute approximate surface area is 147 Å². The number of likely N-dealkylation sites (tertiary alicyclic amines) is 1. The Morgan fingerprint density at radius 1 is 1.24 bits per heavy atom. The lowest BCUT2D eigenvalue weighted by molar-refractivity contribution is -0.133. The first-order valence-corrected chi connectivity index (χ1v) is 8.41. The van der Waals surface area contributed by atoms with E-state index in [9.17, 15) is 14.4 Å². The van der Waals surface area contributed by atoms with Gasteiger partial charge in [-0.1, -0.05) is 13.8 Å². The molecule has 1 aliphatic rings. The molecule has 0 aliphatic carbocycles. The van der Waals surface area contributed by atoms with Gasteiger partial charge in [-0.2, -0.15) is 0 Å². The van der Waals surface area contributed by atoms with Crippen LogP contribution in [-0.4, -0.2) is 55.4 Å². The molecular weight excluding hydrogens is 322 g/mol. The summed E-state index contributed by atoms with van der Waals surface area (Å²) >= 11 is 0. The molecule has 7 heteroatoms. The smallest absolute Gasteiger partial charge is 0.251 e. The zero-order valence-electron chi connectivity index (χ0n) is 14.9. The fourth-order valence-corrected chi connectivity index (χ4v) is 2.73. The van der Waals surface area contributed by atoms with E-state index in [1.807, 2.05) is 13.8 Å². The van der Waals surface area contributed by atoms with Crippen molar-refractivity contribution in [3.05, 3.63) is 29.8 Å². The lowest BCUT2D eigenvalue weighted by atomic mass is 10.2. The predicted molar refractivity (Wildman–Crippen MR) is 93.3 cm³/mol. The van der Waals surface area contributed by atoms with Gasteiger partial charge in [0.1, 0.15) is 5.75 Å². The topological polar surface area (TPSA) is 87.7 Å². The van der Waals surface area contributed by atoms with Crippen LogP contribution in [0.1, 0.15) is 30.6 Å². The van der Waals surface area contributed by atoms with Crippen molar-refractivity contribution in [2.45, 2.75) is 26.3 Å². The Bertz CT molecular complexity index is 628. The van der Waals surface area contributed by atoms with Gasteiger partial charge in [-0.05, 0) is 30.7 Å². The van der Waals surface area contributed by atoms with E-state index < -0.39 is 0 Å².